The van der Waals surface area contributed by atoms with Gasteiger partial charge in [-0.1, -0.05) is 38.1 Å². The van der Waals surface area contributed by atoms with Crippen molar-refractivity contribution in [3.63, 3.8) is 0 Å². The Kier molecular flexibility index (Phi) is 3.85. The molecule has 2 atom stereocenters. The predicted octanol–water partition coefficient (Wildman–Crippen LogP) is 3.02. The highest BCUT2D eigenvalue weighted by atomic mass is 32.2. The maximum atomic E-state index is 5.81. The predicted molar refractivity (Wildman–Crippen MR) is 88.4 cm³/mol. The first-order valence-electron chi connectivity index (χ1n) is 7.16. The molecule has 1 aromatic carbocycles. The average molecular weight is 287 g/mol. The molecular weight excluding hydrogens is 266 g/mol. The summed E-state index contributed by atoms with van der Waals surface area (Å²) in [4.78, 5) is 7.23. The third kappa shape index (κ3) is 2.63. The third-order valence-corrected chi connectivity index (χ3v) is 4.93. The molecule has 0 spiro atoms. The number of hydrogen-bond donors (Lipinski definition) is 1. The van der Waals surface area contributed by atoms with Gasteiger partial charge < -0.3 is 10.6 Å². The van der Waals surface area contributed by atoms with Crippen LogP contribution in [0, 0.1) is 0 Å². The number of pyridine rings is 1. The maximum Gasteiger partial charge on any atom is 0.136 e. The normalized spacial score (nSPS) is 23.2. The van der Waals surface area contributed by atoms with Crippen molar-refractivity contribution in [1.82, 2.24) is 4.98 Å². The minimum absolute atomic E-state index is 0.492. The molecule has 3 rings (SSSR count). The smallest absolute Gasteiger partial charge is 0.136 e. The van der Waals surface area contributed by atoms with E-state index in [2.05, 4.69) is 60.8 Å². The van der Waals surface area contributed by atoms with E-state index >= 15 is 0 Å². The largest absolute Gasteiger partial charge is 0.354 e. The molecular formula is C16H21N3S. The van der Waals surface area contributed by atoms with Gasteiger partial charge in [0.2, 0.25) is 0 Å². The Labute approximate surface area is 124 Å². The van der Waals surface area contributed by atoms with Crippen molar-refractivity contribution in [1.29, 1.82) is 0 Å². The maximum absolute atomic E-state index is 5.81. The van der Waals surface area contributed by atoms with Gasteiger partial charge in [0.05, 0.1) is 5.69 Å². The molecule has 0 saturated carbocycles. The van der Waals surface area contributed by atoms with Gasteiger partial charge in [-0.15, -0.1) is 0 Å². The summed E-state index contributed by atoms with van der Waals surface area (Å²) in [6.45, 7) is 7.19. The van der Waals surface area contributed by atoms with Crippen molar-refractivity contribution in [2.24, 2.45) is 5.73 Å². The van der Waals surface area contributed by atoms with Gasteiger partial charge in [0.1, 0.15) is 5.82 Å². The van der Waals surface area contributed by atoms with Gasteiger partial charge in [-0.3, -0.25) is 0 Å². The van der Waals surface area contributed by atoms with Crippen LogP contribution >= 0.6 is 11.8 Å². The van der Waals surface area contributed by atoms with E-state index in [9.17, 15) is 0 Å². The van der Waals surface area contributed by atoms with Crippen molar-refractivity contribution in [3.8, 4) is 0 Å². The lowest BCUT2D eigenvalue weighted by Gasteiger charge is -2.36. The summed E-state index contributed by atoms with van der Waals surface area (Å²) in [6.07, 6.45) is 0. The van der Waals surface area contributed by atoms with Crippen molar-refractivity contribution >= 4 is 28.4 Å². The van der Waals surface area contributed by atoms with Crippen LogP contribution in [-0.2, 0) is 6.54 Å². The molecule has 2 N–H and O–H groups in total. The zero-order valence-electron chi connectivity index (χ0n) is 12.0. The molecule has 4 heteroatoms. The van der Waals surface area contributed by atoms with E-state index in [0.29, 0.717) is 17.0 Å². The van der Waals surface area contributed by atoms with E-state index in [1.54, 1.807) is 0 Å². The van der Waals surface area contributed by atoms with Crippen molar-refractivity contribution < 1.29 is 0 Å². The monoisotopic (exact) mass is 287 g/mol. The summed E-state index contributed by atoms with van der Waals surface area (Å²) in [5, 5.41) is 3.74. The zero-order valence-corrected chi connectivity index (χ0v) is 12.9. The molecule has 3 nitrogen and oxygen atoms in total. The Bertz CT molecular complexity index is 604. The number of rotatable bonds is 2. The minimum atomic E-state index is 0.492. The molecule has 1 saturated heterocycles. The first-order valence-corrected chi connectivity index (χ1v) is 8.11. The summed E-state index contributed by atoms with van der Waals surface area (Å²) in [7, 11) is 0. The molecule has 0 radical (unpaired) electrons. The van der Waals surface area contributed by atoms with Crippen molar-refractivity contribution in [2.45, 2.75) is 30.9 Å². The minimum Gasteiger partial charge on any atom is -0.354 e. The Morgan fingerprint density at radius 1 is 1.25 bits per heavy atom. The van der Waals surface area contributed by atoms with Gasteiger partial charge in [-0.2, -0.15) is 11.8 Å². The Balaban J connectivity index is 2.09. The van der Waals surface area contributed by atoms with E-state index in [0.717, 1.165) is 24.6 Å². The number of aromatic nitrogens is 1. The standard InChI is InChI=1S/C16H21N3S/c1-11-9-19(10-12(2)20-11)16-15-6-4-3-5-13(15)7-14(8-17)18-16/h3-7,11-12H,8-10,17H2,1-2H3. The van der Waals surface area contributed by atoms with Crippen molar-refractivity contribution in [3.05, 3.63) is 36.0 Å². The molecule has 0 aliphatic carbocycles. The molecule has 0 amide bonds. The molecule has 20 heavy (non-hydrogen) atoms. The van der Waals surface area contributed by atoms with Crippen LogP contribution in [0.4, 0.5) is 5.82 Å². The first kappa shape index (κ1) is 13.7. The molecule has 1 aliphatic rings. The van der Waals surface area contributed by atoms with Crippen LogP contribution in [0.15, 0.2) is 30.3 Å². The van der Waals surface area contributed by atoms with E-state index in [4.69, 9.17) is 10.7 Å². The Morgan fingerprint density at radius 2 is 1.95 bits per heavy atom. The molecule has 1 aromatic heterocycles. The second-order valence-electron chi connectivity index (χ2n) is 5.52. The van der Waals surface area contributed by atoms with Crippen LogP contribution in [0.3, 0.4) is 0 Å². The lowest BCUT2D eigenvalue weighted by atomic mass is 10.1. The molecule has 106 valence electrons. The van der Waals surface area contributed by atoms with Crippen LogP contribution in [-0.4, -0.2) is 28.6 Å². The van der Waals surface area contributed by atoms with Gasteiger partial charge >= 0.3 is 0 Å². The van der Waals surface area contributed by atoms with E-state index in [1.165, 1.54) is 10.8 Å². The number of anilines is 1. The summed E-state index contributed by atoms with van der Waals surface area (Å²) < 4.78 is 0. The molecule has 2 heterocycles. The van der Waals surface area contributed by atoms with Gasteiger partial charge in [-0.05, 0) is 11.5 Å². The van der Waals surface area contributed by atoms with E-state index < -0.39 is 0 Å². The van der Waals surface area contributed by atoms with E-state index in [1.807, 2.05) is 0 Å². The highest BCUT2D eigenvalue weighted by Crippen LogP contribution is 2.32. The van der Waals surface area contributed by atoms with E-state index in [-0.39, 0.29) is 0 Å². The number of nitrogens with two attached hydrogens (primary N) is 1. The summed E-state index contributed by atoms with van der Waals surface area (Å²) in [5.41, 5.74) is 6.78. The third-order valence-electron chi connectivity index (χ3n) is 3.70. The molecule has 1 aliphatic heterocycles. The SMILES string of the molecule is CC1CN(c2nc(CN)cc3ccccc23)CC(C)S1. The van der Waals surface area contributed by atoms with Crippen molar-refractivity contribution in [2.75, 3.05) is 18.0 Å². The van der Waals surface area contributed by atoms with Gasteiger partial charge in [0, 0.05) is 35.5 Å². The van der Waals surface area contributed by atoms with Gasteiger partial charge in [0.25, 0.3) is 0 Å². The number of thioether (sulfide) groups is 1. The molecule has 0 bridgehead atoms. The highest BCUT2D eigenvalue weighted by Gasteiger charge is 2.24. The molecule has 2 unspecified atom stereocenters. The van der Waals surface area contributed by atoms with Crippen LogP contribution in [0.2, 0.25) is 0 Å². The average Bonchev–Trinajstić information content (AvgIpc) is 2.45. The summed E-state index contributed by atoms with van der Waals surface area (Å²) in [6, 6.07) is 10.6. The van der Waals surface area contributed by atoms with Crippen LogP contribution in [0.25, 0.3) is 10.8 Å². The molecule has 2 aromatic rings. The fourth-order valence-corrected chi connectivity index (χ4v) is 4.26. The fourth-order valence-electron chi connectivity index (χ4n) is 2.93. The molecule has 1 fully saturated rings. The number of nitrogens with zero attached hydrogens (tertiary/aromatic N) is 2. The van der Waals surface area contributed by atoms with Crippen LogP contribution in [0.5, 0.6) is 0 Å². The number of fused-ring (bicyclic) bond motifs is 1. The number of hydrogen-bond acceptors (Lipinski definition) is 4. The topological polar surface area (TPSA) is 42.2 Å². The Morgan fingerprint density at radius 3 is 2.65 bits per heavy atom. The first-order chi connectivity index (χ1) is 9.67. The lowest BCUT2D eigenvalue weighted by molar-refractivity contribution is 0.719. The summed E-state index contributed by atoms with van der Waals surface area (Å²) in [5.74, 6) is 1.10. The number of benzene rings is 1. The van der Waals surface area contributed by atoms with Crippen LogP contribution in [0.1, 0.15) is 19.5 Å². The van der Waals surface area contributed by atoms with Gasteiger partial charge in [-0.25, -0.2) is 4.98 Å². The summed E-state index contributed by atoms with van der Waals surface area (Å²) >= 11 is 2.06. The van der Waals surface area contributed by atoms with Gasteiger partial charge in [0.15, 0.2) is 0 Å². The zero-order chi connectivity index (χ0) is 14.1. The quantitative estimate of drug-likeness (QED) is 0.922. The lowest BCUT2D eigenvalue weighted by Crippen LogP contribution is -2.41. The van der Waals surface area contributed by atoms with Crippen LogP contribution < -0.4 is 10.6 Å². The fraction of sp³-hybridized carbons (Fsp3) is 0.438. The highest BCUT2D eigenvalue weighted by molar-refractivity contribution is 8.00. The second-order valence-corrected chi connectivity index (χ2v) is 7.41. The second kappa shape index (κ2) is 5.62. The Hall–Kier alpha value is -1.26.